The summed E-state index contributed by atoms with van der Waals surface area (Å²) in [6.07, 6.45) is 0.375. The lowest BCUT2D eigenvalue weighted by Gasteiger charge is -2.24. The quantitative estimate of drug-likeness (QED) is 0.834. The molecule has 1 aliphatic rings. The van der Waals surface area contributed by atoms with Crippen molar-refractivity contribution in [2.75, 3.05) is 26.0 Å². The number of benzene rings is 1. The molecule has 0 radical (unpaired) electrons. The van der Waals surface area contributed by atoms with Crippen LogP contribution in [-0.4, -0.2) is 46.4 Å². The topological polar surface area (TPSA) is 84.5 Å². The van der Waals surface area contributed by atoms with Gasteiger partial charge in [-0.2, -0.15) is 0 Å². The van der Waals surface area contributed by atoms with E-state index in [9.17, 15) is 17.6 Å². The smallest absolute Gasteiger partial charge is 0.250 e. The fourth-order valence-electron chi connectivity index (χ4n) is 2.21. The largest absolute Gasteiger partial charge is 0.366 e. The van der Waals surface area contributed by atoms with Gasteiger partial charge in [-0.25, -0.2) is 12.8 Å². The number of carbonyl (C=O) groups is 1. The summed E-state index contributed by atoms with van der Waals surface area (Å²) in [6.45, 7) is 3.30. The third-order valence-corrected chi connectivity index (χ3v) is 4.56. The van der Waals surface area contributed by atoms with Gasteiger partial charge in [0.25, 0.3) is 5.91 Å². The Bertz CT molecular complexity index is 657. The highest BCUT2D eigenvalue weighted by Gasteiger charge is 2.24. The first-order valence-electron chi connectivity index (χ1n) is 6.91. The van der Waals surface area contributed by atoms with Gasteiger partial charge in [0.05, 0.1) is 12.6 Å². The number of rotatable bonds is 4. The molecule has 2 rings (SSSR count). The van der Waals surface area contributed by atoms with Crippen molar-refractivity contribution in [1.29, 1.82) is 0 Å². The standard InChI is InChI=1S/C14H19FN2O4S/c1-9(17-14(18)12-8-16-5-6-21-12)10-3-4-13(11(15)7-10)22(2,19)20/h3-4,7,9,12,16H,5-6,8H2,1-2H3,(H,17,18). The minimum atomic E-state index is -3.61. The van der Waals surface area contributed by atoms with Crippen LogP contribution < -0.4 is 10.6 Å². The van der Waals surface area contributed by atoms with Crippen molar-refractivity contribution in [2.45, 2.75) is 24.0 Å². The van der Waals surface area contributed by atoms with Crippen molar-refractivity contribution >= 4 is 15.7 Å². The highest BCUT2D eigenvalue weighted by molar-refractivity contribution is 7.90. The van der Waals surface area contributed by atoms with Crippen LogP contribution in [0.5, 0.6) is 0 Å². The van der Waals surface area contributed by atoms with Crippen molar-refractivity contribution in [3.05, 3.63) is 29.6 Å². The van der Waals surface area contributed by atoms with E-state index < -0.39 is 27.8 Å². The Balaban J connectivity index is 2.08. The molecule has 1 aromatic carbocycles. The van der Waals surface area contributed by atoms with Gasteiger partial charge in [0.1, 0.15) is 16.8 Å². The molecule has 0 aromatic heterocycles. The molecular formula is C14H19FN2O4S. The average Bonchev–Trinajstić information content (AvgIpc) is 2.46. The second kappa shape index (κ2) is 6.72. The normalized spacial score (nSPS) is 20.4. The Morgan fingerprint density at radius 3 is 2.77 bits per heavy atom. The number of halogens is 1. The predicted molar refractivity (Wildman–Crippen MR) is 78.7 cm³/mol. The molecule has 8 heteroatoms. The molecule has 0 saturated carbocycles. The molecule has 122 valence electrons. The molecule has 1 aromatic rings. The van der Waals surface area contributed by atoms with Crippen LogP contribution in [0.25, 0.3) is 0 Å². The van der Waals surface area contributed by atoms with Crippen molar-refractivity contribution < 1.29 is 22.3 Å². The number of carbonyl (C=O) groups excluding carboxylic acids is 1. The van der Waals surface area contributed by atoms with Gasteiger partial charge in [-0.1, -0.05) is 6.07 Å². The van der Waals surface area contributed by atoms with E-state index in [-0.39, 0.29) is 10.8 Å². The first kappa shape index (κ1) is 16.9. The van der Waals surface area contributed by atoms with Gasteiger partial charge < -0.3 is 15.4 Å². The number of nitrogens with one attached hydrogen (secondary N) is 2. The Morgan fingerprint density at radius 1 is 1.50 bits per heavy atom. The highest BCUT2D eigenvalue weighted by Crippen LogP contribution is 2.20. The van der Waals surface area contributed by atoms with Crippen LogP contribution in [0.4, 0.5) is 4.39 Å². The number of sulfone groups is 1. The first-order chi connectivity index (χ1) is 10.3. The number of ether oxygens (including phenoxy) is 1. The van der Waals surface area contributed by atoms with Gasteiger partial charge in [0.15, 0.2) is 9.84 Å². The SMILES string of the molecule is CC(NC(=O)C1CNCCO1)c1ccc(S(C)(=O)=O)c(F)c1. The van der Waals surface area contributed by atoms with Crippen LogP contribution in [0.3, 0.4) is 0 Å². The molecule has 1 aliphatic heterocycles. The molecule has 1 heterocycles. The Labute approximate surface area is 129 Å². The lowest BCUT2D eigenvalue weighted by atomic mass is 10.1. The summed E-state index contributed by atoms with van der Waals surface area (Å²) in [6, 6.07) is 3.37. The maximum Gasteiger partial charge on any atom is 0.250 e. The number of hydrogen-bond donors (Lipinski definition) is 2. The lowest BCUT2D eigenvalue weighted by molar-refractivity contribution is -0.134. The fourth-order valence-corrected chi connectivity index (χ4v) is 2.94. The Hall–Kier alpha value is -1.51. The average molecular weight is 330 g/mol. The summed E-state index contributed by atoms with van der Waals surface area (Å²) in [5.74, 6) is -1.11. The van der Waals surface area contributed by atoms with Crippen molar-refractivity contribution in [2.24, 2.45) is 0 Å². The van der Waals surface area contributed by atoms with Crippen LogP contribution in [0, 0.1) is 5.82 Å². The summed E-state index contributed by atoms with van der Waals surface area (Å²) in [5, 5.41) is 5.78. The minimum absolute atomic E-state index is 0.285. The van der Waals surface area contributed by atoms with Gasteiger partial charge in [-0.05, 0) is 24.6 Å². The van der Waals surface area contributed by atoms with Gasteiger partial charge >= 0.3 is 0 Å². The maximum atomic E-state index is 13.9. The van der Waals surface area contributed by atoms with Crippen molar-refractivity contribution in [3.63, 3.8) is 0 Å². The van der Waals surface area contributed by atoms with Gasteiger partial charge in [-0.15, -0.1) is 0 Å². The molecule has 1 amide bonds. The van der Waals surface area contributed by atoms with Crippen molar-refractivity contribution in [1.82, 2.24) is 10.6 Å². The van der Waals surface area contributed by atoms with Gasteiger partial charge in [-0.3, -0.25) is 4.79 Å². The molecule has 2 atom stereocenters. The Kier molecular flexibility index (Phi) is 5.15. The molecule has 0 spiro atoms. The van der Waals surface area contributed by atoms with E-state index >= 15 is 0 Å². The molecule has 1 fully saturated rings. The highest BCUT2D eigenvalue weighted by atomic mass is 32.2. The van der Waals surface area contributed by atoms with Crippen LogP contribution >= 0.6 is 0 Å². The first-order valence-corrected chi connectivity index (χ1v) is 8.80. The number of morpholine rings is 1. The second-order valence-corrected chi connectivity index (χ2v) is 7.24. The number of amides is 1. The van der Waals surface area contributed by atoms with Crippen LogP contribution in [-0.2, 0) is 19.4 Å². The zero-order chi connectivity index (χ0) is 16.3. The predicted octanol–water partition coefficient (Wildman–Crippen LogP) is 0.395. The summed E-state index contributed by atoms with van der Waals surface area (Å²) < 4.78 is 42.0. The molecule has 0 aliphatic carbocycles. The monoisotopic (exact) mass is 330 g/mol. The molecule has 22 heavy (non-hydrogen) atoms. The third kappa shape index (κ3) is 4.02. The molecular weight excluding hydrogens is 311 g/mol. The van der Waals surface area contributed by atoms with Crippen LogP contribution in [0.15, 0.2) is 23.1 Å². The summed E-state index contributed by atoms with van der Waals surface area (Å²) in [4.78, 5) is 11.7. The van der Waals surface area contributed by atoms with E-state index in [1.807, 2.05) is 0 Å². The third-order valence-electron chi connectivity index (χ3n) is 3.43. The van der Waals surface area contributed by atoms with E-state index in [1.54, 1.807) is 6.92 Å². The fraction of sp³-hybridized carbons (Fsp3) is 0.500. The minimum Gasteiger partial charge on any atom is -0.366 e. The number of hydrogen-bond acceptors (Lipinski definition) is 5. The lowest BCUT2D eigenvalue weighted by Crippen LogP contribution is -2.48. The summed E-state index contributed by atoms with van der Waals surface area (Å²) in [5.41, 5.74) is 0.488. The van der Waals surface area contributed by atoms with E-state index in [0.29, 0.717) is 25.3 Å². The van der Waals surface area contributed by atoms with E-state index in [1.165, 1.54) is 12.1 Å². The van der Waals surface area contributed by atoms with Gasteiger partial charge in [0.2, 0.25) is 0 Å². The van der Waals surface area contributed by atoms with Crippen LogP contribution in [0.2, 0.25) is 0 Å². The second-order valence-electron chi connectivity index (χ2n) is 5.26. The Morgan fingerprint density at radius 2 is 2.23 bits per heavy atom. The molecule has 6 nitrogen and oxygen atoms in total. The molecule has 0 bridgehead atoms. The van der Waals surface area contributed by atoms with E-state index in [2.05, 4.69) is 10.6 Å². The summed E-state index contributed by atoms with van der Waals surface area (Å²) in [7, 11) is -3.61. The maximum absolute atomic E-state index is 13.9. The molecule has 2 N–H and O–H groups in total. The van der Waals surface area contributed by atoms with Gasteiger partial charge in [0, 0.05) is 19.3 Å². The molecule has 2 unspecified atom stereocenters. The molecule has 1 saturated heterocycles. The summed E-state index contributed by atoms with van der Waals surface area (Å²) >= 11 is 0. The van der Waals surface area contributed by atoms with E-state index in [0.717, 1.165) is 12.3 Å². The van der Waals surface area contributed by atoms with Crippen molar-refractivity contribution in [3.8, 4) is 0 Å². The van der Waals surface area contributed by atoms with E-state index in [4.69, 9.17) is 4.74 Å². The van der Waals surface area contributed by atoms with Crippen LogP contribution in [0.1, 0.15) is 18.5 Å². The zero-order valence-corrected chi connectivity index (χ0v) is 13.2. The zero-order valence-electron chi connectivity index (χ0n) is 12.4.